The van der Waals surface area contributed by atoms with Gasteiger partial charge in [-0.15, -0.1) is 0 Å². The summed E-state index contributed by atoms with van der Waals surface area (Å²) in [4.78, 5) is 14.3. The van der Waals surface area contributed by atoms with Crippen molar-refractivity contribution < 1.29 is 9.90 Å². The van der Waals surface area contributed by atoms with Gasteiger partial charge in [0, 0.05) is 30.4 Å². The lowest BCUT2D eigenvalue weighted by Crippen LogP contribution is -2.34. The van der Waals surface area contributed by atoms with Crippen LogP contribution in [0.1, 0.15) is 44.5 Å². The second-order valence-electron chi connectivity index (χ2n) is 5.18. The number of aliphatic hydroxyl groups is 1. The number of hydrogen-bond acceptors (Lipinski definition) is 3. The molecule has 0 saturated heterocycles. The molecule has 1 aromatic rings. The van der Waals surface area contributed by atoms with Crippen LogP contribution in [0.4, 0.5) is 5.69 Å². The predicted octanol–water partition coefficient (Wildman–Crippen LogP) is 2.42. The number of nitrogens with one attached hydrogen (secondary N) is 1. The van der Waals surface area contributed by atoms with E-state index in [4.69, 9.17) is 0 Å². The van der Waals surface area contributed by atoms with Crippen molar-refractivity contribution in [3.05, 3.63) is 29.8 Å². The molecule has 2 unspecified atom stereocenters. The fourth-order valence-electron chi connectivity index (χ4n) is 2.29. The molecule has 20 heavy (non-hydrogen) atoms. The second kappa shape index (κ2) is 7.90. The van der Waals surface area contributed by atoms with Crippen molar-refractivity contribution in [2.45, 2.75) is 46.3 Å². The van der Waals surface area contributed by atoms with Crippen LogP contribution in [0.25, 0.3) is 0 Å². The largest absolute Gasteiger partial charge is 0.393 e. The van der Waals surface area contributed by atoms with Crippen LogP contribution in [0.15, 0.2) is 24.3 Å². The van der Waals surface area contributed by atoms with E-state index in [1.165, 1.54) is 0 Å². The van der Waals surface area contributed by atoms with Crippen LogP contribution in [0, 0.1) is 0 Å². The lowest BCUT2D eigenvalue weighted by molar-refractivity contribution is 0.0923. The molecule has 0 aromatic heterocycles. The summed E-state index contributed by atoms with van der Waals surface area (Å²) in [6, 6.07) is 7.60. The Bertz CT molecular complexity index is 411. The normalized spacial score (nSPS) is 13.7. The van der Waals surface area contributed by atoms with Gasteiger partial charge in [-0.05, 0) is 58.4 Å². The van der Waals surface area contributed by atoms with Crippen LogP contribution in [0.5, 0.6) is 0 Å². The van der Waals surface area contributed by atoms with Crippen molar-refractivity contribution in [2.24, 2.45) is 0 Å². The molecule has 1 aromatic carbocycles. The minimum atomic E-state index is -0.407. The zero-order valence-electron chi connectivity index (χ0n) is 12.9. The number of amides is 1. The number of benzene rings is 1. The third-order valence-corrected chi connectivity index (χ3v) is 3.33. The molecule has 2 atom stereocenters. The van der Waals surface area contributed by atoms with Crippen molar-refractivity contribution in [3.63, 3.8) is 0 Å². The van der Waals surface area contributed by atoms with E-state index < -0.39 is 6.10 Å². The molecule has 0 aliphatic carbocycles. The molecule has 0 fully saturated rings. The number of anilines is 1. The van der Waals surface area contributed by atoms with Gasteiger partial charge in [-0.1, -0.05) is 0 Å². The standard InChI is InChI=1S/C16H26N2O2/c1-5-18(6-2)15-9-7-14(8-10-15)16(20)17-12(3)11-13(4)19/h7-10,12-13,19H,5-6,11H2,1-4H3,(H,17,20). The first kappa shape index (κ1) is 16.5. The third kappa shape index (κ3) is 4.85. The average Bonchev–Trinajstić information content (AvgIpc) is 2.39. The fourth-order valence-corrected chi connectivity index (χ4v) is 2.29. The first-order valence-corrected chi connectivity index (χ1v) is 7.31. The van der Waals surface area contributed by atoms with Crippen LogP contribution >= 0.6 is 0 Å². The molecule has 1 amide bonds. The monoisotopic (exact) mass is 278 g/mol. The minimum absolute atomic E-state index is 0.0371. The first-order valence-electron chi connectivity index (χ1n) is 7.31. The van der Waals surface area contributed by atoms with E-state index in [9.17, 15) is 9.90 Å². The van der Waals surface area contributed by atoms with E-state index in [1.807, 2.05) is 31.2 Å². The van der Waals surface area contributed by atoms with Gasteiger partial charge in [-0.25, -0.2) is 0 Å². The Hall–Kier alpha value is -1.55. The van der Waals surface area contributed by atoms with Crippen molar-refractivity contribution >= 4 is 11.6 Å². The van der Waals surface area contributed by atoms with Gasteiger partial charge < -0.3 is 15.3 Å². The van der Waals surface area contributed by atoms with E-state index >= 15 is 0 Å². The summed E-state index contributed by atoms with van der Waals surface area (Å²) in [6.45, 7) is 9.75. The summed E-state index contributed by atoms with van der Waals surface area (Å²) >= 11 is 0. The number of nitrogens with zero attached hydrogens (tertiary/aromatic N) is 1. The first-order chi connectivity index (χ1) is 9.47. The maximum atomic E-state index is 12.1. The Balaban J connectivity index is 2.66. The lowest BCUT2D eigenvalue weighted by Gasteiger charge is -2.21. The van der Waals surface area contributed by atoms with Crippen LogP contribution in [0.3, 0.4) is 0 Å². The molecule has 1 rings (SSSR count). The van der Waals surface area contributed by atoms with E-state index in [-0.39, 0.29) is 11.9 Å². The summed E-state index contributed by atoms with van der Waals surface area (Å²) in [5.41, 5.74) is 1.78. The maximum absolute atomic E-state index is 12.1. The number of carbonyl (C=O) groups is 1. The molecule has 4 heteroatoms. The Kier molecular flexibility index (Phi) is 6.52. The summed E-state index contributed by atoms with van der Waals surface area (Å²) in [7, 11) is 0. The summed E-state index contributed by atoms with van der Waals surface area (Å²) in [5.74, 6) is -0.0933. The van der Waals surface area contributed by atoms with Crippen molar-refractivity contribution in [2.75, 3.05) is 18.0 Å². The molecule has 4 nitrogen and oxygen atoms in total. The number of aliphatic hydroxyl groups excluding tert-OH is 1. The lowest BCUT2D eigenvalue weighted by atomic mass is 10.1. The van der Waals surface area contributed by atoms with Gasteiger partial charge >= 0.3 is 0 Å². The van der Waals surface area contributed by atoms with E-state index in [0.29, 0.717) is 12.0 Å². The fraction of sp³-hybridized carbons (Fsp3) is 0.562. The van der Waals surface area contributed by atoms with Gasteiger partial charge in [-0.2, -0.15) is 0 Å². The Morgan fingerprint density at radius 2 is 1.75 bits per heavy atom. The topological polar surface area (TPSA) is 52.6 Å². The highest BCUT2D eigenvalue weighted by atomic mass is 16.3. The van der Waals surface area contributed by atoms with Gasteiger partial charge in [-0.3, -0.25) is 4.79 Å². The van der Waals surface area contributed by atoms with E-state index in [0.717, 1.165) is 18.8 Å². The molecule has 0 bridgehead atoms. The average molecular weight is 278 g/mol. The summed E-state index contributed by atoms with van der Waals surface area (Å²) in [6.07, 6.45) is 0.152. The quantitative estimate of drug-likeness (QED) is 0.805. The van der Waals surface area contributed by atoms with Gasteiger partial charge in [0.1, 0.15) is 0 Å². The molecular weight excluding hydrogens is 252 g/mol. The molecule has 2 N–H and O–H groups in total. The van der Waals surface area contributed by atoms with E-state index in [1.54, 1.807) is 6.92 Å². The van der Waals surface area contributed by atoms with E-state index in [2.05, 4.69) is 24.1 Å². The van der Waals surface area contributed by atoms with Gasteiger partial charge in [0.2, 0.25) is 0 Å². The van der Waals surface area contributed by atoms with Crippen molar-refractivity contribution in [3.8, 4) is 0 Å². The van der Waals surface area contributed by atoms with Crippen molar-refractivity contribution in [1.29, 1.82) is 0 Å². The van der Waals surface area contributed by atoms with Gasteiger partial charge in [0.25, 0.3) is 5.91 Å². The molecule has 0 radical (unpaired) electrons. The third-order valence-electron chi connectivity index (χ3n) is 3.33. The van der Waals surface area contributed by atoms with Crippen LogP contribution in [0.2, 0.25) is 0 Å². The van der Waals surface area contributed by atoms with Crippen LogP contribution in [-0.4, -0.2) is 36.2 Å². The summed E-state index contributed by atoms with van der Waals surface area (Å²) in [5, 5.41) is 12.2. The van der Waals surface area contributed by atoms with Crippen LogP contribution in [-0.2, 0) is 0 Å². The minimum Gasteiger partial charge on any atom is -0.393 e. The van der Waals surface area contributed by atoms with Crippen LogP contribution < -0.4 is 10.2 Å². The Labute approximate surface area is 121 Å². The summed E-state index contributed by atoms with van der Waals surface area (Å²) < 4.78 is 0. The zero-order chi connectivity index (χ0) is 15.1. The molecule has 112 valence electrons. The Morgan fingerprint density at radius 1 is 1.20 bits per heavy atom. The number of hydrogen-bond donors (Lipinski definition) is 2. The second-order valence-corrected chi connectivity index (χ2v) is 5.18. The van der Waals surface area contributed by atoms with Gasteiger partial charge in [0.05, 0.1) is 6.10 Å². The number of rotatable bonds is 7. The molecular formula is C16H26N2O2. The molecule has 0 aliphatic heterocycles. The predicted molar refractivity (Wildman–Crippen MR) is 83.2 cm³/mol. The highest BCUT2D eigenvalue weighted by Gasteiger charge is 2.12. The SMILES string of the molecule is CCN(CC)c1ccc(C(=O)NC(C)CC(C)O)cc1. The van der Waals surface area contributed by atoms with Crippen molar-refractivity contribution in [1.82, 2.24) is 5.32 Å². The zero-order valence-corrected chi connectivity index (χ0v) is 12.9. The molecule has 0 aliphatic rings. The maximum Gasteiger partial charge on any atom is 0.251 e. The van der Waals surface area contributed by atoms with Gasteiger partial charge in [0.15, 0.2) is 0 Å². The highest BCUT2D eigenvalue weighted by Crippen LogP contribution is 2.15. The molecule has 0 saturated carbocycles. The molecule has 0 spiro atoms. The number of carbonyl (C=O) groups excluding carboxylic acids is 1. The highest BCUT2D eigenvalue weighted by molar-refractivity contribution is 5.94. The Morgan fingerprint density at radius 3 is 2.20 bits per heavy atom. The molecule has 0 heterocycles. The smallest absolute Gasteiger partial charge is 0.251 e.